The topological polar surface area (TPSA) is 48.1 Å². The lowest BCUT2D eigenvalue weighted by atomic mass is 10.2. The molecule has 2 rings (SSSR count). The van der Waals surface area contributed by atoms with Crippen molar-refractivity contribution < 1.29 is 14.5 Å². The molecular formula is C10H17BrN3O2+. The summed E-state index contributed by atoms with van der Waals surface area (Å²) in [6, 6.07) is 0. The Labute approximate surface area is 104 Å². The normalized spacial score (nSPS) is 27.4. The van der Waals surface area contributed by atoms with E-state index < -0.39 is 0 Å². The molecule has 0 aromatic rings. The second-order valence-electron chi connectivity index (χ2n) is 4.02. The zero-order valence-electron chi connectivity index (χ0n) is 9.40. The Bertz CT molecular complexity index is 324. The summed E-state index contributed by atoms with van der Waals surface area (Å²) in [5.41, 5.74) is 1.97. The van der Waals surface area contributed by atoms with E-state index in [0.29, 0.717) is 0 Å². The van der Waals surface area contributed by atoms with Crippen LogP contribution in [0.3, 0.4) is 0 Å². The minimum Gasteiger partial charge on any atom is -0.386 e. The molecule has 0 aromatic heterocycles. The number of halogens is 1. The Morgan fingerprint density at radius 2 is 2.25 bits per heavy atom. The van der Waals surface area contributed by atoms with Gasteiger partial charge in [-0.05, 0) is 5.10 Å². The van der Waals surface area contributed by atoms with Gasteiger partial charge in [0, 0.05) is 19.6 Å². The van der Waals surface area contributed by atoms with Crippen LogP contribution in [0.25, 0.3) is 0 Å². The average molecular weight is 291 g/mol. The molecule has 1 atom stereocenters. The third-order valence-electron chi connectivity index (χ3n) is 2.93. The Balaban J connectivity index is 1.95. The van der Waals surface area contributed by atoms with Crippen molar-refractivity contribution in [3.63, 3.8) is 0 Å². The molecule has 0 bridgehead atoms. The van der Waals surface area contributed by atoms with E-state index in [1.165, 1.54) is 0 Å². The number of rotatable bonds is 3. The molecule has 0 aromatic carbocycles. The molecule has 5 nitrogen and oxygen atoms in total. The molecule has 2 heterocycles. The largest absolute Gasteiger partial charge is 0.386 e. The molecule has 16 heavy (non-hydrogen) atoms. The predicted octanol–water partition coefficient (Wildman–Crippen LogP) is -0.473. The maximum Gasteiger partial charge on any atom is 0.229 e. The maximum atomic E-state index is 9.21. The van der Waals surface area contributed by atoms with E-state index >= 15 is 0 Å². The third-order valence-corrected chi connectivity index (χ3v) is 3.99. The summed E-state index contributed by atoms with van der Waals surface area (Å²) in [6.45, 7) is 4.39. The standard InChI is InChI=1S/C10H17BrN3O2/c1-13-9(7-15)10(11)8(12-13)6-14-2-4-16-5-3-14/h10,15H,2-7H2,1H3/q+1. The van der Waals surface area contributed by atoms with Crippen LogP contribution >= 0.6 is 15.9 Å². The summed E-state index contributed by atoms with van der Waals surface area (Å²) in [5.74, 6) is 0. The molecule has 0 saturated carbocycles. The molecule has 0 amide bonds. The molecule has 0 radical (unpaired) electrons. The summed E-state index contributed by atoms with van der Waals surface area (Å²) in [6.07, 6.45) is 0. The lowest BCUT2D eigenvalue weighted by molar-refractivity contribution is -0.501. The minimum atomic E-state index is 0.0442. The van der Waals surface area contributed by atoms with Gasteiger partial charge in [-0.1, -0.05) is 20.6 Å². The van der Waals surface area contributed by atoms with E-state index in [0.717, 1.165) is 44.3 Å². The molecule has 2 aliphatic heterocycles. The number of hydrogen-bond donors (Lipinski definition) is 1. The summed E-state index contributed by atoms with van der Waals surface area (Å²) in [4.78, 5) is 2.40. The van der Waals surface area contributed by atoms with Crippen LogP contribution in [-0.4, -0.2) is 77.4 Å². The maximum absolute atomic E-state index is 9.21. The van der Waals surface area contributed by atoms with Gasteiger partial charge in [-0.2, -0.15) is 0 Å². The third kappa shape index (κ3) is 2.51. The molecule has 2 aliphatic rings. The highest BCUT2D eigenvalue weighted by Gasteiger charge is 2.34. The molecule has 6 heteroatoms. The number of aliphatic hydroxyl groups is 1. The summed E-state index contributed by atoms with van der Waals surface area (Å²) in [7, 11) is 1.87. The van der Waals surface area contributed by atoms with Crippen LogP contribution in [0.2, 0.25) is 0 Å². The average Bonchev–Trinajstić information content (AvgIpc) is 2.55. The van der Waals surface area contributed by atoms with Crippen LogP contribution in [0.1, 0.15) is 0 Å². The molecule has 1 N–H and O–H groups in total. The quantitative estimate of drug-likeness (QED) is 0.565. The Hall–Kier alpha value is -0.300. The molecule has 0 spiro atoms. The van der Waals surface area contributed by atoms with Crippen molar-refractivity contribution in [1.82, 2.24) is 4.90 Å². The van der Waals surface area contributed by atoms with Crippen LogP contribution in [0, 0.1) is 0 Å². The highest BCUT2D eigenvalue weighted by Crippen LogP contribution is 2.13. The zero-order chi connectivity index (χ0) is 11.5. The Morgan fingerprint density at radius 3 is 2.81 bits per heavy atom. The first-order valence-corrected chi connectivity index (χ1v) is 6.36. The van der Waals surface area contributed by atoms with Gasteiger partial charge in [0.25, 0.3) is 0 Å². The van der Waals surface area contributed by atoms with Gasteiger partial charge < -0.3 is 9.84 Å². The second-order valence-corrected chi connectivity index (χ2v) is 4.93. The van der Waals surface area contributed by atoms with Crippen LogP contribution in [-0.2, 0) is 4.74 Å². The van der Waals surface area contributed by atoms with E-state index in [1.54, 1.807) is 4.68 Å². The number of aliphatic hydroxyl groups excluding tert-OH is 1. The van der Waals surface area contributed by atoms with E-state index in [9.17, 15) is 5.11 Å². The smallest absolute Gasteiger partial charge is 0.229 e. The number of hydrogen-bond acceptors (Lipinski definition) is 4. The molecule has 1 unspecified atom stereocenters. The number of alkyl halides is 1. The SMILES string of the molecule is C[N+]1=C(CO)C(Br)C(CN2CCOCC2)=N1. The van der Waals surface area contributed by atoms with Crippen LogP contribution < -0.4 is 0 Å². The van der Waals surface area contributed by atoms with Crippen molar-refractivity contribution in [2.24, 2.45) is 5.10 Å². The van der Waals surface area contributed by atoms with Gasteiger partial charge in [0.2, 0.25) is 5.71 Å². The Kier molecular flexibility index (Phi) is 4.07. The van der Waals surface area contributed by atoms with Crippen molar-refractivity contribution in [3.05, 3.63) is 0 Å². The van der Waals surface area contributed by atoms with E-state index in [-0.39, 0.29) is 11.4 Å². The van der Waals surface area contributed by atoms with Crippen molar-refractivity contribution in [2.45, 2.75) is 4.83 Å². The number of nitrogens with zero attached hydrogens (tertiary/aromatic N) is 3. The van der Waals surface area contributed by atoms with Crippen molar-refractivity contribution in [2.75, 3.05) is 46.5 Å². The summed E-state index contributed by atoms with van der Waals surface area (Å²) >= 11 is 3.57. The van der Waals surface area contributed by atoms with Crippen molar-refractivity contribution in [1.29, 1.82) is 0 Å². The van der Waals surface area contributed by atoms with Crippen molar-refractivity contribution >= 4 is 27.4 Å². The fraction of sp³-hybridized carbons (Fsp3) is 0.800. The zero-order valence-corrected chi connectivity index (χ0v) is 11.0. The van der Waals surface area contributed by atoms with E-state index in [4.69, 9.17) is 4.74 Å². The number of hydrazone groups is 1. The van der Waals surface area contributed by atoms with Gasteiger partial charge in [0.1, 0.15) is 17.1 Å². The van der Waals surface area contributed by atoms with Gasteiger partial charge >= 0.3 is 0 Å². The first-order valence-electron chi connectivity index (χ1n) is 5.44. The van der Waals surface area contributed by atoms with Crippen LogP contribution in [0.5, 0.6) is 0 Å². The highest BCUT2D eigenvalue weighted by molar-refractivity contribution is 9.10. The molecule has 0 aliphatic carbocycles. The lowest BCUT2D eigenvalue weighted by Gasteiger charge is -2.26. The molecular weight excluding hydrogens is 274 g/mol. The molecule has 90 valence electrons. The minimum absolute atomic E-state index is 0.0442. The second kappa shape index (κ2) is 5.35. The first-order chi connectivity index (χ1) is 7.72. The van der Waals surface area contributed by atoms with Crippen LogP contribution in [0.15, 0.2) is 5.10 Å². The van der Waals surface area contributed by atoms with Gasteiger partial charge in [-0.25, -0.2) is 0 Å². The lowest BCUT2D eigenvalue weighted by Crippen LogP contribution is -2.42. The fourth-order valence-electron chi connectivity index (χ4n) is 1.95. The van der Waals surface area contributed by atoms with Crippen molar-refractivity contribution in [3.8, 4) is 0 Å². The van der Waals surface area contributed by atoms with Gasteiger partial charge in [0.05, 0.1) is 13.2 Å². The summed E-state index contributed by atoms with van der Waals surface area (Å²) < 4.78 is 7.06. The van der Waals surface area contributed by atoms with Gasteiger partial charge in [-0.3, -0.25) is 4.90 Å². The Morgan fingerprint density at radius 1 is 1.56 bits per heavy atom. The van der Waals surface area contributed by atoms with Gasteiger partial charge in [0.15, 0.2) is 7.05 Å². The predicted molar refractivity (Wildman–Crippen MR) is 65.7 cm³/mol. The fourth-order valence-corrected chi connectivity index (χ4v) is 2.62. The first kappa shape index (κ1) is 12.2. The van der Waals surface area contributed by atoms with Gasteiger partial charge in [-0.15, -0.1) is 0 Å². The molecule has 1 fully saturated rings. The van der Waals surface area contributed by atoms with E-state index in [2.05, 4.69) is 25.9 Å². The highest BCUT2D eigenvalue weighted by atomic mass is 79.9. The number of morpholine rings is 1. The monoisotopic (exact) mass is 290 g/mol. The molecule has 1 saturated heterocycles. The number of ether oxygens (including phenoxy) is 1. The van der Waals surface area contributed by atoms with Crippen LogP contribution in [0.4, 0.5) is 0 Å². The summed E-state index contributed by atoms with van der Waals surface area (Å²) in [5, 5.41) is 13.7. The van der Waals surface area contributed by atoms with E-state index in [1.807, 2.05) is 7.05 Å².